The Morgan fingerprint density at radius 3 is 2.39 bits per heavy atom. The van der Waals surface area contributed by atoms with Crippen molar-refractivity contribution in [3.8, 4) is 0 Å². The molecule has 1 N–H and O–H groups in total. The van der Waals surface area contributed by atoms with Gasteiger partial charge in [0, 0.05) is 35.7 Å². The summed E-state index contributed by atoms with van der Waals surface area (Å²) in [5.41, 5.74) is 2.01. The van der Waals surface area contributed by atoms with Gasteiger partial charge in [-0.3, -0.25) is 4.90 Å². The highest BCUT2D eigenvalue weighted by Gasteiger charge is 2.45. The molecule has 2 heterocycles. The number of halogens is 3. The molecule has 4 rings (SSSR count). The first-order valence-electron chi connectivity index (χ1n) is 9.77. The Bertz CT molecular complexity index is 891. The molecule has 2 aliphatic rings. The zero-order chi connectivity index (χ0) is 20.2. The molecule has 1 saturated carbocycles. The number of hydrogen-bond donors (Lipinski definition) is 1. The molecule has 2 aromatic rings. The molecule has 1 aromatic carbocycles. The normalized spacial score (nSPS) is 26.7. The third kappa shape index (κ3) is 3.30. The summed E-state index contributed by atoms with van der Waals surface area (Å²) in [4.78, 5) is 13.3. The van der Waals surface area contributed by atoms with Gasteiger partial charge in [0.15, 0.2) is 0 Å². The van der Waals surface area contributed by atoms with E-state index < -0.39 is 18.7 Å². The largest absolute Gasteiger partial charge is 0.478 e. The summed E-state index contributed by atoms with van der Waals surface area (Å²) in [6, 6.07) is 7.66. The summed E-state index contributed by atoms with van der Waals surface area (Å²) >= 11 is 0. The van der Waals surface area contributed by atoms with Crippen molar-refractivity contribution in [1.29, 1.82) is 0 Å². The predicted molar refractivity (Wildman–Crippen MR) is 101 cm³/mol. The number of carboxylic acid groups (broad SMARTS) is 1. The van der Waals surface area contributed by atoms with Crippen molar-refractivity contribution in [2.24, 2.45) is 17.8 Å². The van der Waals surface area contributed by atoms with E-state index in [0.717, 1.165) is 29.4 Å². The minimum absolute atomic E-state index is 0.111. The average molecular weight is 394 g/mol. The lowest BCUT2D eigenvalue weighted by atomic mass is 9.97. The van der Waals surface area contributed by atoms with Crippen LogP contribution < -0.4 is 0 Å². The lowest BCUT2D eigenvalue weighted by Gasteiger charge is -2.26. The molecule has 28 heavy (non-hydrogen) atoms. The molecule has 0 spiro atoms. The second-order valence-corrected chi connectivity index (χ2v) is 8.45. The zero-order valence-electron chi connectivity index (χ0n) is 16.0. The van der Waals surface area contributed by atoms with Crippen LogP contribution in [0.4, 0.5) is 13.2 Å². The summed E-state index contributed by atoms with van der Waals surface area (Å²) in [6.07, 6.45) is -2.34. The molecule has 0 bridgehead atoms. The third-order valence-electron chi connectivity index (χ3n) is 6.73. The van der Waals surface area contributed by atoms with Crippen LogP contribution in [0, 0.1) is 24.7 Å². The van der Waals surface area contributed by atoms with E-state index in [4.69, 9.17) is 0 Å². The van der Waals surface area contributed by atoms with E-state index in [0.29, 0.717) is 36.4 Å². The van der Waals surface area contributed by atoms with Gasteiger partial charge >= 0.3 is 12.1 Å². The maximum Gasteiger partial charge on any atom is 0.401 e. The number of nitrogens with zero attached hydrogens (tertiary/aromatic N) is 2. The Labute approximate surface area is 161 Å². The number of benzene rings is 1. The van der Waals surface area contributed by atoms with Crippen molar-refractivity contribution in [2.45, 2.75) is 38.9 Å². The van der Waals surface area contributed by atoms with Gasteiger partial charge in [-0.1, -0.05) is 18.2 Å². The lowest BCUT2D eigenvalue weighted by Crippen LogP contribution is -2.33. The minimum atomic E-state index is -4.14. The molecule has 2 fully saturated rings. The molecular formula is C21H25F3N2O2. The Morgan fingerprint density at radius 1 is 1.21 bits per heavy atom. The summed E-state index contributed by atoms with van der Waals surface area (Å²) in [5.74, 6) is 0.0247. The molecule has 3 unspecified atom stereocenters. The van der Waals surface area contributed by atoms with Gasteiger partial charge in [-0.15, -0.1) is 0 Å². The monoisotopic (exact) mass is 394 g/mol. The zero-order valence-corrected chi connectivity index (χ0v) is 16.0. The molecule has 0 radical (unpaired) electrons. The van der Waals surface area contributed by atoms with Crippen LogP contribution in [0.1, 0.15) is 41.9 Å². The topological polar surface area (TPSA) is 45.5 Å². The van der Waals surface area contributed by atoms with Gasteiger partial charge in [0.1, 0.15) is 0 Å². The van der Waals surface area contributed by atoms with Crippen LogP contribution in [0.5, 0.6) is 0 Å². The highest BCUT2D eigenvalue weighted by Crippen LogP contribution is 2.47. The number of rotatable bonds is 4. The average Bonchev–Trinajstić information content (AvgIpc) is 3.21. The van der Waals surface area contributed by atoms with Crippen LogP contribution in [-0.2, 0) is 0 Å². The lowest BCUT2D eigenvalue weighted by molar-refractivity contribution is -0.144. The van der Waals surface area contributed by atoms with E-state index in [1.807, 2.05) is 31.2 Å². The van der Waals surface area contributed by atoms with E-state index in [1.54, 1.807) is 0 Å². The van der Waals surface area contributed by atoms with E-state index in [1.165, 1.54) is 4.90 Å². The van der Waals surface area contributed by atoms with Crippen LogP contribution in [0.15, 0.2) is 24.3 Å². The first-order chi connectivity index (χ1) is 13.2. The Kier molecular flexibility index (Phi) is 4.68. The fourth-order valence-electron chi connectivity index (χ4n) is 5.62. The summed E-state index contributed by atoms with van der Waals surface area (Å²) in [7, 11) is 0. The fourth-order valence-corrected chi connectivity index (χ4v) is 5.62. The highest BCUT2D eigenvalue weighted by molar-refractivity contribution is 6.05. The van der Waals surface area contributed by atoms with Crippen LogP contribution in [-0.4, -0.2) is 46.4 Å². The molecule has 3 atom stereocenters. The Balaban J connectivity index is 1.56. The molecule has 7 heteroatoms. The molecule has 152 valence electrons. The van der Waals surface area contributed by atoms with Crippen LogP contribution in [0.2, 0.25) is 0 Å². The Morgan fingerprint density at radius 2 is 1.82 bits per heavy atom. The van der Waals surface area contributed by atoms with Gasteiger partial charge in [-0.25, -0.2) is 4.79 Å². The van der Waals surface area contributed by atoms with Gasteiger partial charge < -0.3 is 9.67 Å². The van der Waals surface area contributed by atoms with Gasteiger partial charge in [0.2, 0.25) is 0 Å². The van der Waals surface area contributed by atoms with Gasteiger partial charge in [-0.2, -0.15) is 13.2 Å². The van der Waals surface area contributed by atoms with Crippen molar-refractivity contribution in [3.63, 3.8) is 0 Å². The first kappa shape index (κ1) is 19.3. The van der Waals surface area contributed by atoms with E-state index in [-0.39, 0.29) is 6.04 Å². The smallest absolute Gasteiger partial charge is 0.401 e. The number of para-hydroxylation sites is 1. The fraction of sp³-hybridized carbons (Fsp3) is 0.571. The number of carboxylic acids is 1. The molecule has 1 aliphatic heterocycles. The number of aromatic nitrogens is 1. The second kappa shape index (κ2) is 6.79. The quantitative estimate of drug-likeness (QED) is 0.816. The van der Waals surface area contributed by atoms with Crippen LogP contribution in [0.3, 0.4) is 0 Å². The first-order valence-corrected chi connectivity index (χ1v) is 9.77. The minimum Gasteiger partial charge on any atom is -0.478 e. The van der Waals surface area contributed by atoms with Crippen molar-refractivity contribution < 1.29 is 23.1 Å². The maximum atomic E-state index is 12.7. The van der Waals surface area contributed by atoms with Crippen LogP contribution >= 0.6 is 0 Å². The van der Waals surface area contributed by atoms with Gasteiger partial charge in [-0.05, 0) is 50.5 Å². The van der Waals surface area contributed by atoms with Crippen molar-refractivity contribution in [2.75, 3.05) is 19.6 Å². The van der Waals surface area contributed by atoms with Crippen LogP contribution in [0.25, 0.3) is 10.9 Å². The number of fused-ring (bicyclic) bond motifs is 2. The van der Waals surface area contributed by atoms with E-state index >= 15 is 0 Å². The van der Waals surface area contributed by atoms with Crippen molar-refractivity contribution in [3.05, 3.63) is 35.5 Å². The molecule has 1 aliphatic carbocycles. The Hall–Kier alpha value is -2.02. The van der Waals surface area contributed by atoms with E-state index in [9.17, 15) is 23.1 Å². The molecule has 4 nitrogen and oxygen atoms in total. The third-order valence-corrected chi connectivity index (χ3v) is 6.73. The summed E-state index contributed by atoms with van der Waals surface area (Å²) < 4.78 is 40.2. The molecule has 1 saturated heterocycles. The number of aromatic carboxylic acids is 1. The standard InChI is InChI=1S/C21H25F3N2O2/c1-12(14-7-15-9-25(10-16(15)8-14)11-21(22,23)24)26-13(2)19(20(27)28)17-5-3-4-6-18(17)26/h3-6,12,14-16H,7-11H2,1-2H3,(H,27,28). The van der Waals surface area contributed by atoms with Gasteiger partial charge in [0.25, 0.3) is 0 Å². The SMILES string of the molecule is Cc1c(C(=O)O)c2ccccc2n1C(C)C1CC2CN(CC(F)(F)F)CC2C1. The van der Waals surface area contributed by atoms with Crippen molar-refractivity contribution in [1.82, 2.24) is 9.47 Å². The number of likely N-dealkylation sites (tertiary alicyclic amines) is 1. The summed E-state index contributed by atoms with van der Waals surface area (Å²) in [6.45, 7) is 4.17. The predicted octanol–water partition coefficient (Wildman–Crippen LogP) is 4.73. The highest BCUT2D eigenvalue weighted by atomic mass is 19.4. The summed E-state index contributed by atoms with van der Waals surface area (Å²) in [5, 5.41) is 10.4. The number of carbonyl (C=O) groups is 1. The molecular weight excluding hydrogens is 369 g/mol. The molecule has 1 aromatic heterocycles. The van der Waals surface area contributed by atoms with Gasteiger partial charge in [0.05, 0.1) is 12.1 Å². The second-order valence-electron chi connectivity index (χ2n) is 8.45. The maximum absolute atomic E-state index is 12.7. The number of alkyl halides is 3. The van der Waals surface area contributed by atoms with Crippen molar-refractivity contribution >= 4 is 16.9 Å². The number of hydrogen-bond acceptors (Lipinski definition) is 2. The molecule has 0 amide bonds. The van der Waals surface area contributed by atoms with E-state index in [2.05, 4.69) is 11.5 Å².